The molecule has 0 bridgehead atoms. The molecule has 2 aromatic heterocycles. The van der Waals surface area contributed by atoms with E-state index in [2.05, 4.69) is 25.5 Å². The molecule has 10 heteroatoms. The number of thiophene rings is 1. The maximum atomic E-state index is 14.0. The van der Waals surface area contributed by atoms with Crippen molar-refractivity contribution in [1.29, 1.82) is 0 Å². The molecule has 2 aliphatic rings. The third kappa shape index (κ3) is 5.69. The molecule has 1 saturated heterocycles. The minimum Gasteiger partial charge on any atom is -0.490 e. The number of hydrogen-bond donors (Lipinski definition) is 2. The van der Waals surface area contributed by atoms with Crippen LogP contribution in [-0.4, -0.2) is 73.3 Å². The SMILES string of the molecule is Cc1c(C(=O)NCCCN(C)C)sc2ncnc(NC3CC=C(F)C=C3OC3CCOC3)c12. The van der Waals surface area contributed by atoms with Crippen molar-refractivity contribution in [2.45, 2.75) is 38.3 Å². The van der Waals surface area contributed by atoms with E-state index < -0.39 is 0 Å². The number of anilines is 1. The molecule has 3 heterocycles. The number of fused-ring (bicyclic) bond motifs is 1. The van der Waals surface area contributed by atoms with Gasteiger partial charge in [-0.1, -0.05) is 0 Å². The fourth-order valence-electron chi connectivity index (χ4n) is 3.93. The smallest absolute Gasteiger partial charge is 0.261 e. The van der Waals surface area contributed by atoms with Crippen LogP contribution < -0.4 is 10.6 Å². The van der Waals surface area contributed by atoms with Gasteiger partial charge in [0.05, 0.1) is 29.5 Å². The zero-order chi connectivity index (χ0) is 23.4. The molecule has 2 atom stereocenters. The normalized spacial score (nSPS) is 20.6. The van der Waals surface area contributed by atoms with Crippen LogP contribution in [0.4, 0.5) is 10.2 Å². The first-order valence-corrected chi connectivity index (χ1v) is 12.0. The van der Waals surface area contributed by atoms with Crippen LogP contribution in [0.1, 0.15) is 34.5 Å². The predicted molar refractivity (Wildman–Crippen MR) is 127 cm³/mol. The number of aromatic nitrogens is 2. The van der Waals surface area contributed by atoms with E-state index in [1.807, 2.05) is 21.0 Å². The Morgan fingerprint density at radius 2 is 2.24 bits per heavy atom. The lowest BCUT2D eigenvalue weighted by Crippen LogP contribution is -2.28. The van der Waals surface area contributed by atoms with Crippen LogP contribution in [0.3, 0.4) is 0 Å². The van der Waals surface area contributed by atoms with Gasteiger partial charge in [0.15, 0.2) is 0 Å². The molecule has 2 N–H and O–H groups in total. The molecule has 1 aliphatic carbocycles. The highest BCUT2D eigenvalue weighted by molar-refractivity contribution is 7.20. The summed E-state index contributed by atoms with van der Waals surface area (Å²) >= 11 is 1.35. The van der Waals surface area contributed by atoms with Crippen LogP contribution in [0.5, 0.6) is 0 Å². The number of nitrogens with one attached hydrogen (secondary N) is 2. The number of ether oxygens (including phenoxy) is 2. The van der Waals surface area contributed by atoms with Gasteiger partial charge in [-0.15, -0.1) is 11.3 Å². The fraction of sp³-hybridized carbons (Fsp3) is 0.522. The second kappa shape index (κ2) is 10.6. The highest BCUT2D eigenvalue weighted by atomic mass is 32.1. The van der Waals surface area contributed by atoms with Crippen molar-refractivity contribution < 1.29 is 18.7 Å². The van der Waals surface area contributed by atoms with Crippen LogP contribution >= 0.6 is 11.3 Å². The minimum atomic E-state index is -0.310. The Labute approximate surface area is 196 Å². The molecule has 8 nitrogen and oxygen atoms in total. The lowest BCUT2D eigenvalue weighted by molar-refractivity contribution is 0.0838. The number of carbonyl (C=O) groups excluding carboxylic acids is 1. The summed E-state index contributed by atoms with van der Waals surface area (Å²) in [6.45, 7) is 4.58. The van der Waals surface area contributed by atoms with Crippen molar-refractivity contribution in [2.75, 3.05) is 45.7 Å². The molecular formula is C23H30FN5O3S. The molecule has 2 unspecified atom stereocenters. The average molecular weight is 476 g/mol. The van der Waals surface area contributed by atoms with E-state index in [0.717, 1.165) is 35.2 Å². The Kier molecular flexibility index (Phi) is 7.56. The second-order valence-corrected chi connectivity index (χ2v) is 9.54. The van der Waals surface area contributed by atoms with Gasteiger partial charge in [0.25, 0.3) is 5.91 Å². The first-order valence-electron chi connectivity index (χ1n) is 11.2. The van der Waals surface area contributed by atoms with Crippen molar-refractivity contribution in [3.8, 4) is 0 Å². The lowest BCUT2D eigenvalue weighted by atomic mass is 10.1. The van der Waals surface area contributed by atoms with E-state index in [1.165, 1.54) is 29.8 Å². The number of rotatable bonds is 9. The number of hydrogen-bond acceptors (Lipinski definition) is 8. The summed E-state index contributed by atoms with van der Waals surface area (Å²) in [5.74, 6) is 0.727. The standard InChI is InChI=1S/C23H30FN5O3S/c1-14-19-21(28-17-6-5-15(24)11-18(17)32-16-7-10-31-12-16)26-13-27-23(19)33-20(14)22(30)25-8-4-9-29(2)3/h5,11,13,16-17H,4,6-10,12H2,1-3H3,(H,25,30)(H,26,27,28). The molecule has 0 spiro atoms. The maximum Gasteiger partial charge on any atom is 0.261 e. The zero-order valence-corrected chi connectivity index (χ0v) is 20.0. The number of halogens is 1. The second-order valence-electron chi connectivity index (χ2n) is 8.54. The van der Waals surface area contributed by atoms with E-state index >= 15 is 0 Å². The molecule has 2 aromatic rings. The number of amides is 1. The third-order valence-electron chi connectivity index (χ3n) is 5.67. The molecule has 0 aromatic carbocycles. The van der Waals surface area contributed by atoms with Crippen LogP contribution in [-0.2, 0) is 9.47 Å². The highest BCUT2D eigenvalue weighted by Gasteiger charge is 2.27. The molecule has 33 heavy (non-hydrogen) atoms. The van der Waals surface area contributed by atoms with Gasteiger partial charge in [-0.05, 0) is 52.0 Å². The molecule has 1 aliphatic heterocycles. The topological polar surface area (TPSA) is 88.6 Å². The van der Waals surface area contributed by atoms with Gasteiger partial charge in [-0.25, -0.2) is 14.4 Å². The van der Waals surface area contributed by atoms with Crippen LogP contribution in [0.15, 0.2) is 30.1 Å². The molecule has 0 saturated carbocycles. The summed E-state index contributed by atoms with van der Waals surface area (Å²) in [5, 5.41) is 7.20. The van der Waals surface area contributed by atoms with E-state index in [4.69, 9.17) is 9.47 Å². The first-order chi connectivity index (χ1) is 15.9. The Morgan fingerprint density at radius 1 is 1.39 bits per heavy atom. The Morgan fingerprint density at radius 3 is 3.00 bits per heavy atom. The summed E-state index contributed by atoms with van der Waals surface area (Å²) in [6.07, 6.45) is 6.44. The van der Waals surface area contributed by atoms with Crippen LogP contribution in [0.25, 0.3) is 10.2 Å². The number of allylic oxidation sites excluding steroid dienone is 2. The van der Waals surface area contributed by atoms with Crippen molar-refractivity contribution in [1.82, 2.24) is 20.2 Å². The summed E-state index contributed by atoms with van der Waals surface area (Å²) in [7, 11) is 4.02. The number of carbonyl (C=O) groups is 1. The highest BCUT2D eigenvalue weighted by Crippen LogP contribution is 2.35. The third-order valence-corrected chi connectivity index (χ3v) is 6.87. The van der Waals surface area contributed by atoms with Crippen molar-refractivity contribution in [3.05, 3.63) is 40.5 Å². The molecule has 4 rings (SSSR count). The van der Waals surface area contributed by atoms with Gasteiger partial charge in [0.1, 0.15) is 34.7 Å². The van der Waals surface area contributed by atoms with Gasteiger partial charge in [-0.3, -0.25) is 4.79 Å². The summed E-state index contributed by atoms with van der Waals surface area (Å²) in [5.41, 5.74) is 0.830. The van der Waals surface area contributed by atoms with Gasteiger partial charge >= 0.3 is 0 Å². The average Bonchev–Trinajstić information content (AvgIpc) is 3.41. The van der Waals surface area contributed by atoms with E-state index in [1.54, 1.807) is 0 Å². The first kappa shape index (κ1) is 23.6. The maximum absolute atomic E-state index is 14.0. The van der Waals surface area contributed by atoms with E-state index in [9.17, 15) is 9.18 Å². The minimum absolute atomic E-state index is 0.0810. The number of aryl methyl sites for hydroxylation is 1. The summed E-state index contributed by atoms with van der Waals surface area (Å²) in [4.78, 5) is 25.1. The zero-order valence-electron chi connectivity index (χ0n) is 19.2. The van der Waals surface area contributed by atoms with Crippen LogP contribution in [0.2, 0.25) is 0 Å². The van der Waals surface area contributed by atoms with Gasteiger partial charge in [0.2, 0.25) is 0 Å². The predicted octanol–water partition coefficient (Wildman–Crippen LogP) is 3.41. The largest absolute Gasteiger partial charge is 0.490 e. The van der Waals surface area contributed by atoms with E-state index in [0.29, 0.717) is 42.6 Å². The monoisotopic (exact) mass is 475 g/mol. The van der Waals surface area contributed by atoms with Gasteiger partial charge in [0, 0.05) is 19.0 Å². The Hall–Kier alpha value is -2.56. The Bertz CT molecular complexity index is 1060. The van der Waals surface area contributed by atoms with Crippen LogP contribution in [0, 0.1) is 6.92 Å². The number of nitrogens with zero attached hydrogens (tertiary/aromatic N) is 3. The van der Waals surface area contributed by atoms with Gasteiger partial charge < -0.3 is 25.0 Å². The van der Waals surface area contributed by atoms with Crippen molar-refractivity contribution in [3.63, 3.8) is 0 Å². The molecule has 0 radical (unpaired) electrons. The Balaban J connectivity index is 1.52. The fourth-order valence-corrected chi connectivity index (χ4v) is 4.99. The summed E-state index contributed by atoms with van der Waals surface area (Å²) in [6, 6.07) is -0.272. The quantitative estimate of drug-likeness (QED) is 0.538. The molecular weight excluding hydrogens is 445 g/mol. The van der Waals surface area contributed by atoms with Crippen molar-refractivity contribution >= 4 is 33.3 Å². The molecule has 178 valence electrons. The molecule has 1 fully saturated rings. The molecule has 1 amide bonds. The van der Waals surface area contributed by atoms with E-state index in [-0.39, 0.29) is 23.9 Å². The lowest BCUT2D eigenvalue weighted by Gasteiger charge is -2.26. The van der Waals surface area contributed by atoms with Gasteiger partial charge in [-0.2, -0.15) is 0 Å². The summed E-state index contributed by atoms with van der Waals surface area (Å²) < 4.78 is 25.4. The van der Waals surface area contributed by atoms with Crippen molar-refractivity contribution in [2.24, 2.45) is 0 Å².